The van der Waals surface area contributed by atoms with Crippen LogP contribution in [0.3, 0.4) is 0 Å². The lowest BCUT2D eigenvalue weighted by Gasteiger charge is -1.96. The summed E-state index contributed by atoms with van der Waals surface area (Å²) in [4.78, 5) is 0. The molecule has 4 heteroatoms. The molecule has 0 fully saturated rings. The van der Waals surface area contributed by atoms with E-state index in [2.05, 4.69) is 25.3 Å². The van der Waals surface area contributed by atoms with Crippen LogP contribution in [0.4, 0.5) is 0 Å². The molecule has 0 aliphatic carbocycles. The lowest BCUT2D eigenvalue weighted by Crippen LogP contribution is -1.80. The normalized spacial score (nSPS) is 10.2. The Balaban J connectivity index is 2.65. The standard InChI is InChI=1S/C6H14S4/c7-3-1-2-5-9-10-6-4-8/h7-8H,1-6H2. The van der Waals surface area contributed by atoms with Gasteiger partial charge in [0.25, 0.3) is 0 Å². The van der Waals surface area contributed by atoms with Gasteiger partial charge in [0.1, 0.15) is 0 Å². The molecule has 62 valence electrons. The molecule has 0 aliphatic heterocycles. The van der Waals surface area contributed by atoms with Gasteiger partial charge in [0.05, 0.1) is 0 Å². The smallest absolute Gasteiger partial charge is 0.0125 e. The van der Waals surface area contributed by atoms with Crippen LogP contribution < -0.4 is 0 Å². The van der Waals surface area contributed by atoms with Gasteiger partial charge >= 0.3 is 0 Å². The van der Waals surface area contributed by atoms with Gasteiger partial charge in [-0.05, 0) is 18.6 Å². The number of hydrogen-bond acceptors (Lipinski definition) is 4. The highest BCUT2D eigenvalue weighted by Gasteiger charge is 1.88. The van der Waals surface area contributed by atoms with Gasteiger partial charge in [0.15, 0.2) is 0 Å². The minimum absolute atomic E-state index is 0.990. The molecule has 0 saturated carbocycles. The second kappa shape index (κ2) is 10.4. The molecule has 0 heterocycles. The summed E-state index contributed by atoms with van der Waals surface area (Å²) in [6, 6.07) is 0. The van der Waals surface area contributed by atoms with E-state index in [1.165, 1.54) is 18.6 Å². The van der Waals surface area contributed by atoms with E-state index in [0.29, 0.717) is 0 Å². The monoisotopic (exact) mass is 214 g/mol. The van der Waals surface area contributed by atoms with Crippen LogP contribution in [-0.4, -0.2) is 23.0 Å². The van der Waals surface area contributed by atoms with E-state index in [1.54, 1.807) is 0 Å². The van der Waals surface area contributed by atoms with Crippen molar-refractivity contribution in [2.45, 2.75) is 12.8 Å². The molecule has 0 spiro atoms. The highest BCUT2D eigenvalue weighted by molar-refractivity contribution is 8.76. The van der Waals surface area contributed by atoms with E-state index in [-0.39, 0.29) is 0 Å². The average Bonchev–Trinajstić information content (AvgIpc) is 1.97. The molecular weight excluding hydrogens is 200 g/mol. The minimum Gasteiger partial charge on any atom is -0.179 e. The Hall–Kier alpha value is 1.40. The van der Waals surface area contributed by atoms with E-state index in [9.17, 15) is 0 Å². The largest absolute Gasteiger partial charge is 0.179 e. The Morgan fingerprint density at radius 2 is 1.50 bits per heavy atom. The third-order valence-electron chi connectivity index (χ3n) is 0.894. The van der Waals surface area contributed by atoms with Crippen molar-refractivity contribution in [2.24, 2.45) is 0 Å². The van der Waals surface area contributed by atoms with Crippen molar-refractivity contribution in [2.75, 3.05) is 23.0 Å². The van der Waals surface area contributed by atoms with Gasteiger partial charge in [-0.3, -0.25) is 0 Å². The number of hydrogen-bond donors (Lipinski definition) is 2. The molecule has 0 aromatic carbocycles. The summed E-state index contributed by atoms with van der Waals surface area (Å²) < 4.78 is 0. The average molecular weight is 214 g/mol. The fourth-order valence-electron chi connectivity index (χ4n) is 0.428. The number of unbranched alkanes of at least 4 members (excludes halogenated alkanes) is 1. The summed E-state index contributed by atoms with van der Waals surface area (Å²) in [7, 11) is 3.87. The van der Waals surface area contributed by atoms with Gasteiger partial charge < -0.3 is 0 Å². The molecular formula is C6H14S4. The van der Waals surface area contributed by atoms with Crippen LogP contribution in [0.1, 0.15) is 12.8 Å². The molecule has 0 radical (unpaired) electrons. The van der Waals surface area contributed by atoms with Crippen LogP contribution in [0, 0.1) is 0 Å². The van der Waals surface area contributed by atoms with E-state index in [1.807, 2.05) is 21.6 Å². The van der Waals surface area contributed by atoms with Crippen molar-refractivity contribution >= 4 is 46.8 Å². The van der Waals surface area contributed by atoms with Crippen molar-refractivity contribution in [3.8, 4) is 0 Å². The van der Waals surface area contributed by atoms with E-state index >= 15 is 0 Å². The molecule has 0 N–H and O–H groups in total. The zero-order valence-electron chi connectivity index (χ0n) is 5.95. The number of thiol groups is 2. The molecule has 0 aromatic rings. The van der Waals surface area contributed by atoms with Crippen LogP contribution in [0.5, 0.6) is 0 Å². The van der Waals surface area contributed by atoms with Gasteiger partial charge in [-0.25, -0.2) is 0 Å². The first-order valence-electron chi connectivity index (χ1n) is 3.38. The molecule has 0 bridgehead atoms. The zero-order valence-corrected chi connectivity index (χ0v) is 9.38. The Kier molecular flexibility index (Phi) is 11.9. The maximum atomic E-state index is 4.14. The molecule has 0 saturated heterocycles. The Morgan fingerprint density at radius 1 is 0.800 bits per heavy atom. The predicted molar refractivity (Wildman–Crippen MR) is 61.9 cm³/mol. The van der Waals surface area contributed by atoms with Gasteiger partial charge in [-0.1, -0.05) is 21.6 Å². The van der Waals surface area contributed by atoms with Crippen molar-refractivity contribution in [3.63, 3.8) is 0 Å². The summed E-state index contributed by atoms with van der Waals surface area (Å²) in [6.07, 6.45) is 2.55. The molecule has 0 amide bonds. The van der Waals surface area contributed by atoms with Crippen LogP contribution in [-0.2, 0) is 0 Å². The summed E-state index contributed by atoms with van der Waals surface area (Å²) in [6.45, 7) is 0. The first-order chi connectivity index (χ1) is 4.91. The van der Waals surface area contributed by atoms with Crippen molar-refractivity contribution in [1.82, 2.24) is 0 Å². The zero-order chi connectivity index (χ0) is 7.66. The highest BCUT2D eigenvalue weighted by atomic mass is 33.1. The maximum Gasteiger partial charge on any atom is 0.0125 e. The second-order valence-corrected chi connectivity index (χ2v) is 5.39. The molecule has 0 aromatic heterocycles. The van der Waals surface area contributed by atoms with Crippen LogP contribution in [0.2, 0.25) is 0 Å². The summed E-state index contributed by atoms with van der Waals surface area (Å²) in [5, 5.41) is 0. The SMILES string of the molecule is SCCCCSSCCS. The Bertz CT molecular complexity index is 49.7. The van der Waals surface area contributed by atoms with Crippen LogP contribution in [0.25, 0.3) is 0 Å². The van der Waals surface area contributed by atoms with Crippen molar-refractivity contribution in [1.29, 1.82) is 0 Å². The first kappa shape index (κ1) is 11.4. The maximum absolute atomic E-state index is 4.14. The Morgan fingerprint density at radius 3 is 2.10 bits per heavy atom. The fraction of sp³-hybridized carbons (Fsp3) is 1.00. The molecule has 0 aliphatic rings. The third-order valence-corrected chi connectivity index (χ3v) is 4.23. The van der Waals surface area contributed by atoms with Crippen molar-refractivity contribution < 1.29 is 0 Å². The Labute approximate surface area is 82.5 Å². The van der Waals surface area contributed by atoms with Crippen LogP contribution >= 0.6 is 46.8 Å². The fourth-order valence-corrected chi connectivity index (χ4v) is 3.24. The lowest BCUT2D eigenvalue weighted by atomic mass is 10.4. The first-order valence-corrected chi connectivity index (χ1v) is 7.13. The molecule has 0 unspecified atom stereocenters. The van der Waals surface area contributed by atoms with E-state index < -0.39 is 0 Å². The second-order valence-electron chi connectivity index (χ2n) is 1.80. The summed E-state index contributed by atoms with van der Waals surface area (Å²) >= 11 is 8.25. The quantitative estimate of drug-likeness (QED) is 0.380. The van der Waals surface area contributed by atoms with E-state index in [0.717, 1.165) is 17.3 Å². The molecule has 0 nitrogen and oxygen atoms in total. The minimum atomic E-state index is 0.990. The third kappa shape index (κ3) is 9.40. The molecule has 10 heavy (non-hydrogen) atoms. The van der Waals surface area contributed by atoms with Gasteiger partial charge in [-0.2, -0.15) is 25.3 Å². The predicted octanol–water partition coefficient (Wildman–Crippen LogP) is 3.01. The summed E-state index contributed by atoms with van der Waals surface area (Å²) in [5.74, 6) is 4.44. The van der Waals surface area contributed by atoms with E-state index in [4.69, 9.17) is 0 Å². The van der Waals surface area contributed by atoms with Crippen molar-refractivity contribution in [3.05, 3.63) is 0 Å². The topological polar surface area (TPSA) is 0 Å². The highest BCUT2D eigenvalue weighted by Crippen LogP contribution is 2.22. The summed E-state index contributed by atoms with van der Waals surface area (Å²) in [5.41, 5.74) is 0. The van der Waals surface area contributed by atoms with Crippen LogP contribution in [0.15, 0.2) is 0 Å². The number of rotatable bonds is 7. The lowest BCUT2D eigenvalue weighted by molar-refractivity contribution is 0.912. The van der Waals surface area contributed by atoms with Gasteiger partial charge in [0, 0.05) is 17.3 Å². The molecule has 0 atom stereocenters. The van der Waals surface area contributed by atoms with Gasteiger partial charge in [-0.15, -0.1) is 0 Å². The molecule has 0 rings (SSSR count). The van der Waals surface area contributed by atoms with Gasteiger partial charge in [0.2, 0.25) is 0 Å².